The van der Waals surface area contributed by atoms with E-state index in [2.05, 4.69) is 314 Å². The zero-order valence-electron chi connectivity index (χ0n) is 47.9. The first kappa shape index (κ1) is 51.2. The first-order valence-electron chi connectivity index (χ1n) is 29.2. The number of ether oxygens (including phenoxy) is 1. The number of hydrogen-bond donors (Lipinski definition) is 0. The zero-order valence-corrected chi connectivity index (χ0v) is 50.0. The van der Waals surface area contributed by atoms with Gasteiger partial charge in [-0.2, -0.15) is 0 Å². The van der Waals surface area contributed by atoms with E-state index >= 15 is 0 Å². The molecule has 404 valence electrons. The van der Waals surface area contributed by atoms with Crippen LogP contribution in [-0.4, -0.2) is 29.5 Å². The van der Waals surface area contributed by atoms with Gasteiger partial charge < -0.3 is 0 Å². The standard InChI is InChI=1S/C78H62GeN4O/c1-78(2,3)62-40-41-80-75(48-62)83-71-34-19-18-30-67(71)68-38-36-63(49-73(68)83)84-64-37-39-69-74(50-64)82-51-81(72-35-21-33-70(77(72)82)79(69,4)5)76-65(60-44-56(52-22-10-6-11-23-52)42-57(45-60)53-24-12-7-13-25-53)31-20-32-66(76)61-46-58(54-26-14-8-15-27-54)43-59(47-61)55-28-16-9-17-29-55/h6-50H,51H2,1-5H3. The van der Waals surface area contributed by atoms with Crippen molar-refractivity contribution in [1.82, 2.24) is 9.55 Å². The van der Waals surface area contributed by atoms with Gasteiger partial charge in [0, 0.05) is 0 Å². The van der Waals surface area contributed by atoms with Gasteiger partial charge in [-0.15, -0.1) is 0 Å². The Morgan fingerprint density at radius 1 is 0.381 bits per heavy atom. The minimum atomic E-state index is -2.99. The zero-order chi connectivity index (χ0) is 56.7. The molecule has 0 saturated carbocycles. The number of pyridine rings is 1. The molecular formula is C78H62GeN4O. The van der Waals surface area contributed by atoms with Crippen LogP contribution in [0.25, 0.3) is 94.4 Å². The van der Waals surface area contributed by atoms with Gasteiger partial charge in [0.25, 0.3) is 0 Å². The molecule has 0 unspecified atom stereocenters. The Morgan fingerprint density at radius 3 is 1.44 bits per heavy atom. The van der Waals surface area contributed by atoms with E-state index in [9.17, 15) is 0 Å². The van der Waals surface area contributed by atoms with Crippen molar-refractivity contribution < 1.29 is 4.74 Å². The van der Waals surface area contributed by atoms with Crippen LogP contribution in [0.1, 0.15) is 26.3 Å². The summed E-state index contributed by atoms with van der Waals surface area (Å²) in [5, 5.41) is 2.34. The number of aromatic nitrogens is 2. The van der Waals surface area contributed by atoms with Crippen LogP contribution >= 0.6 is 0 Å². The van der Waals surface area contributed by atoms with Crippen LogP contribution in [0, 0.1) is 0 Å². The Morgan fingerprint density at radius 2 is 0.869 bits per heavy atom. The number of fused-ring (bicyclic) bond motifs is 5. The van der Waals surface area contributed by atoms with Gasteiger partial charge in [0.2, 0.25) is 0 Å². The third kappa shape index (κ3) is 8.90. The second kappa shape index (κ2) is 20.3. The second-order valence-corrected chi connectivity index (χ2v) is 33.1. The van der Waals surface area contributed by atoms with Crippen molar-refractivity contribution >= 4 is 66.6 Å². The van der Waals surface area contributed by atoms with Crippen molar-refractivity contribution in [3.8, 4) is 84.1 Å². The summed E-state index contributed by atoms with van der Waals surface area (Å²) >= 11 is -2.99. The maximum absolute atomic E-state index is 7.09. The fourth-order valence-electron chi connectivity index (χ4n) is 13.1. The number of nitrogens with zero attached hydrogens (tertiary/aromatic N) is 4. The quantitative estimate of drug-likeness (QED) is 0.128. The summed E-state index contributed by atoms with van der Waals surface area (Å²) in [4.78, 5) is 10.2. The molecule has 0 fully saturated rings. The summed E-state index contributed by atoms with van der Waals surface area (Å²) in [6, 6.07) is 98.0. The molecule has 5 nitrogen and oxygen atoms in total. The molecule has 0 aliphatic carbocycles. The molecule has 0 saturated heterocycles. The van der Waals surface area contributed by atoms with Crippen LogP contribution in [0.2, 0.25) is 11.5 Å². The minimum absolute atomic E-state index is 0.0307. The van der Waals surface area contributed by atoms with Gasteiger partial charge in [-0.1, -0.05) is 45.0 Å². The molecule has 84 heavy (non-hydrogen) atoms. The van der Waals surface area contributed by atoms with E-state index < -0.39 is 13.3 Å². The predicted octanol–water partition coefficient (Wildman–Crippen LogP) is 19.7. The van der Waals surface area contributed by atoms with Crippen LogP contribution in [0.3, 0.4) is 0 Å². The van der Waals surface area contributed by atoms with E-state index in [1.165, 1.54) is 87.0 Å². The van der Waals surface area contributed by atoms with Crippen LogP contribution in [-0.2, 0) is 5.41 Å². The molecule has 0 bridgehead atoms. The van der Waals surface area contributed by atoms with E-state index in [1.54, 1.807) is 0 Å². The van der Waals surface area contributed by atoms with Crippen molar-refractivity contribution in [1.29, 1.82) is 0 Å². The average molecular weight is 1140 g/mol. The fraction of sp³-hybridized carbons (Fsp3) is 0.0897. The predicted molar refractivity (Wildman–Crippen MR) is 355 cm³/mol. The Kier molecular flexibility index (Phi) is 12.4. The van der Waals surface area contributed by atoms with Gasteiger partial charge in [-0.3, -0.25) is 0 Å². The van der Waals surface area contributed by atoms with Gasteiger partial charge in [0.15, 0.2) is 0 Å². The molecule has 15 rings (SSSR count). The van der Waals surface area contributed by atoms with E-state index in [0.717, 1.165) is 56.0 Å². The van der Waals surface area contributed by atoms with E-state index in [0.29, 0.717) is 6.67 Å². The molecular weight excluding hydrogens is 1080 g/mol. The summed E-state index contributed by atoms with van der Waals surface area (Å²) in [6.07, 6.45) is 1.94. The van der Waals surface area contributed by atoms with E-state index in [-0.39, 0.29) is 5.41 Å². The molecule has 0 radical (unpaired) electrons. The molecule has 11 aromatic carbocycles. The number of hydrogen-bond acceptors (Lipinski definition) is 4. The molecule has 4 heterocycles. The number of benzene rings is 11. The molecule has 0 N–H and O–H groups in total. The Balaban J connectivity index is 0.905. The van der Waals surface area contributed by atoms with Crippen LogP contribution in [0.15, 0.2) is 273 Å². The number of rotatable bonds is 10. The Labute approximate surface area is 494 Å². The maximum atomic E-state index is 7.09. The molecule has 0 spiro atoms. The van der Waals surface area contributed by atoms with E-state index in [1.807, 2.05) is 6.20 Å². The van der Waals surface area contributed by atoms with Gasteiger partial charge in [0.1, 0.15) is 0 Å². The molecule has 6 heteroatoms. The molecule has 2 aliphatic heterocycles. The van der Waals surface area contributed by atoms with Crippen molar-refractivity contribution in [2.75, 3.05) is 16.5 Å². The third-order valence-electron chi connectivity index (χ3n) is 17.4. The summed E-state index contributed by atoms with van der Waals surface area (Å²) in [5.74, 6) is 7.60. The number of para-hydroxylation sites is 3. The molecule has 2 aliphatic rings. The fourth-order valence-corrected chi connectivity index (χ4v) is 19.5. The first-order valence-corrected chi connectivity index (χ1v) is 35.5. The SMILES string of the molecule is CC(C)(C)c1ccnc(-n2c3ccccc3c3ccc(Oc4cc[c]5c(c4)N4CN(c6c(-c7cc(-c8ccccc8)cc(-c8ccccc8)c7)cccc6-c6cc(-c7ccccc7)cc(-c7ccccc7)c6)c6ccc[c](c64)[Ge]5([CH3])[CH3])cc32)c1. The summed E-state index contributed by atoms with van der Waals surface area (Å²) in [6.45, 7) is 7.36. The summed E-state index contributed by atoms with van der Waals surface area (Å²) in [5.41, 5.74) is 22.3. The number of anilines is 4. The molecule has 13 aromatic rings. The van der Waals surface area contributed by atoms with Crippen molar-refractivity contribution in [3.63, 3.8) is 0 Å². The van der Waals surface area contributed by atoms with Gasteiger partial charge in [-0.05, 0) is 11.5 Å². The van der Waals surface area contributed by atoms with Crippen LogP contribution < -0.4 is 23.3 Å². The topological polar surface area (TPSA) is 33.5 Å². The molecule has 2 aromatic heterocycles. The van der Waals surface area contributed by atoms with Gasteiger partial charge >= 0.3 is 441 Å². The Bertz CT molecular complexity index is 4420. The van der Waals surface area contributed by atoms with Crippen molar-refractivity contribution in [2.24, 2.45) is 0 Å². The monoisotopic (exact) mass is 1140 g/mol. The summed E-state index contributed by atoms with van der Waals surface area (Å²) in [7, 11) is 0. The molecule has 0 atom stereocenters. The summed E-state index contributed by atoms with van der Waals surface area (Å²) < 4.78 is 12.3. The van der Waals surface area contributed by atoms with Crippen molar-refractivity contribution in [2.45, 2.75) is 37.7 Å². The van der Waals surface area contributed by atoms with Crippen molar-refractivity contribution in [3.05, 3.63) is 279 Å². The average Bonchev–Trinajstić information content (AvgIpc) is 1.66. The second-order valence-electron chi connectivity index (χ2n) is 24.0. The van der Waals surface area contributed by atoms with Gasteiger partial charge in [0.05, 0.1) is 0 Å². The van der Waals surface area contributed by atoms with Crippen LogP contribution in [0.5, 0.6) is 11.5 Å². The Hall–Kier alpha value is -9.69. The van der Waals surface area contributed by atoms with E-state index in [4.69, 9.17) is 9.72 Å². The van der Waals surface area contributed by atoms with Crippen LogP contribution in [0.4, 0.5) is 22.7 Å². The third-order valence-corrected chi connectivity index (χ3v) is 24.8. The van der Waals surface area contributed by atoms with Gasteiger partial charge in [-0.25, -0.2) is 0 Å². The molecule has 0 amide bonds. The normalized spacial score (nSPS) is 13.3. The first-order chi connectivity index (χ1) is 41.0.